The number of rotatable bonds is 7. The van der Waals surface area contributed by atoms with Crippen LogP contribution in [0, 0.1) is 11.8 Å². The Kier molecular flexibility index (Phi) is 4.43. The molecule has 0 aromatic rings. The van der Waals surface area contributed by atoms with E-state index in [0.29, 0.717) is 5.78 Å². The predicted molar refractivity (Wildman–Crippen MR) is 54.7 cm³/mol. The van der Waals surface area contributed by atoms with Crippen molar-refractivity contribution in [2.45, 2.75) is 39.5 Å². The third-order valence-corrected chi connectivity index (χ3v) is 2.75. The maximum absolute atomic E-state index is 11.5. The fraction of sp³-hybridized carbons (Fsp3) is 0.909. The number of ketones is 1. The second kappa shape index (κ2) is 5.38. The van der Waals surface area contributed by atoms with Crippen molar-refractivity contribution in [1.29, 1.82) is 0 Å². The molecule has 2 nitrogen and oxygen atoms in total. The number of hydrogen-bond acceptors (Lipinski definition) is 2. The van der Waals surface area contributed by atoms with E-state index in [1.807, 2.05) is 6.92 Å². The topological polar surface area (TPSA) is 29.1 Å². The van der Waals surface area contributed by atoms with Crippen LogP contribution in [0.15, 0.2) is 0 Å². The normalized spacial score (nSPS) is 18.6. The zero-order chi connectivity index (χ0) is 9.68. The van der Waals surface area contributed by atoms with Gasteiger partial charge < -0.3 is 5.32 Å². The molecule has 0 heterocycles. The lowest BCUT2D eigenvalue weighted by Gasteiger charge is -2.09. The SMILES string of the molecule is CCNCC(C)C(=O)CCC1CC1. The molecular weight excluding hydrogens is 162 g/mol. The van der Waals surface area contributed by atoms with Gasteiger partial charge in [-0.3, -0.25) is 4.79 Å². The molecule has 0 aromatic heterocycles. The standard InChI is InChI=1S/C11H21NO/c1-3-12-8-9(2)11(13)7-6-10-4-5-10/h9-10,12H,3-8H2,1-2H3. The van der Waals surface area contributed by atoms with Gasteiger partial charge in [0.1, 0.15) is 5.78 Å². The summed E-state index contributed by atoms with van der Waals surface area (Å²) in [6.07, 6.45) is 4.65. The number of carbonyl (C=O) groups is 1. The Balaban J connectivity index is 2.05. The van der Waals surface area contributed by atoms with Crippen LogP contribution >= 0.6 is 0 Å². The smallest absolute Gasteiger partial charge is 0.136 e. The molecule has 0 amide bonds. The molecule has 1 aliphatic rings. The van der Waals surface area contributed by atoms with E-state index >= 15 is 0 Å². The van der Waals surface area contributed by atoms with Gasteiger partial charge in [0.2, 0.25) is 0 Å². The minimum atomic E-state index is 0.207. The van der Waals surface area contributed by atoms with Crippen molar-refractivity contribution >= 4 is 5.78 Å². The summed E-state index contributed by atoms with van der Waals surface area (Å²) >= 11 is 0. The highest BCUT2D eigenvalue weighted by molar-refractivity contribution is 5.80. The van der Waals surface area contributed by atoms with Crippen LogP contribution in [-0.2, 0) is 4.79 Å². The van der Waals surface area contributed by atoms with E-state index in [2.05, 4.69) is 12.2 Å². The highest BCUT2D eigenvalue weighted by Gasteiger charge is 2.23. The van der Waals surface area contributed by atoms with E-state index in [0.717, 1.165) is 31.8 Å². The van der Waals surface area contributed by atoms with Gasteiger partial charge in [-0.15, -0.1) is 0 Å². The van der Waals surface area contributed by atoms with Crippen molar-refractivity contribution in [2.24, 2.45) is 11.8 Å². The first-order valence-electron chi connectivity index (χ1n) is 5.47. The molecule has 2 heteroatoms. The number of carbonyl (C=O) groups excluding carboxylic acids is 1. The quantitative estimate of drug-likeness (QED) is 0.654. The monoisotopic (exact) mass is 183 g/mol. The Hall–Kier alpha value is -0.370. The minimum Gasteiger partial charge on any atom is -0.316 e. The predicted octanol–water partition coefficient (Wildman–Crippen LogP) is 1.99. The van der Waals surface area contributed by atoms with E-state index < -0.39 is 0 Å². The molecule has 1 rings (SSSR count). The maximum Gasteiger partial charge on any atom is 0.136 e. The first-order chi connectivity index (χ1) is 6.24. The first kappa shape index (κ1) is 10.7. The first-order valence-corrected chi connectivity index (χ1v) is 5.47. The summed E-state index contributed by atoms with van der Waals surface area (Å²) in [4.78, 5) is 11.5. The van der Waals surface area contributed by atoms with Gasteiger partial charge in [0.05, 0.1) is 0 Å². The zero-order valence-electron chi connectivity index (χ0n) is 8.81. The molecule has 1 unspecified atom stereocenters. The average Bonchev–Trinajstić information content (AvgIpc) is 2.93. The van der Waals surface area contributed by atoms with E-state index in [9.17, 15) is 4.79 Å². The molecule has 13 heavy (non-hydrogen) atoms. The van der Waals surface area contributed by atoms with Crippen molar-refractivity contribution in [2.75, 3.05) is 13.1 Å². The highest BCUT2D eigenvalue weighted by atomic mass is 16.1. The third kappa shape index (κ3) is 4.41. The van der Waals surface area contributed by atoms with Crippen LogP contribution in [0.2, 0.25) is 0 Å². The number of Topliss-reactive ketones (excluding diaryl/α,β-unsaturated/α-hetero) is 1. The molecule has 1 fully saturated rings. The van der Waals surface area contributed by atoms with Crippen LogP contribution < -0.4 is 5.32 Å². The van der Waals surface area contributed by atoms with Gasteiger partial charge in [-0.05, 0) is 18.9 Å². The van der Waals surface area contributed by atoms with Gasteiger partial charge in [-0.25, -0.2) is 0 Å². The molecule has 0 aliphatic heterocycles. The van der Waals surface area contributed by atoms with Gasteiger partial charge in [0, 0.05) is 18.9 Å². The van der Waals surface area contributed by atoms with Gasteiger partial charge in [-0.2, -0.15) is 0 Å². The van der Waals surface area contributed by atoms with Crippen molar-refractivity contribution in [3.8, 4) is 0 Å². The second-order valence-corrected chi connectivity index (χ2v) is 4.16. The fourth-order valence-corrected chi connectivity index (χ4v) is 1.47. The lowest BCUT2D eigenvalue weighted by Crippen LogP contribution is -2.26. The Morgan fingerprint density at radius 1 is 1.54 bits per heavy atom. The fourth-order valence-electron chi connectivity index (χ4n) is 1.47. The molecular formula is C11H21NO. The Morgan fingerprint density at radius 3 is 2.77 bits per heavy atom. The molecule has 0 spiro atoms. The molecule has 0 aromatic carbocycles. The van der Waals surface area contributed by atoms with E-state index in [-0.39, 0.29) is 5.92 Å². The van der Waals surface area contributed by atoms with Gasteiger partial charge >= 0.3 is 0 Å². The minimum absolute atomic E-state index is 0.207. The van der Waals surface area contributed by atoms with Crippen LogP contribution in [0.3, 0.4) is 0 Å². The summed E-state index contributed by atoms with van der Waals surface area (Å²) in [5.41, 5.74) is 0. The Bertz CT molecular complexity index is 163. The molecule has 0 bridgehead atoms. The molecule has 76 valence electrons. The highest BCUT2D eigenvalue weighted by Crippen LogP contribution is 2.33. The molecule has 0 saturated heterocycles. The van der Waals surface area contributed by atoms with E-state index in [1.54, 1.807) is 0 Å². The summed E-state index contributed by atoms with van der Waals surface area (Å²) in [6.45, 7) is 5.90. The summed E-state index contributed by atoms with van der Waals surface area (Å²) in [6, 6.07) is 0. The van der Waals surface area contributed by atoms with E-state index in [4.69, 9.17) is 0 Å². The van der Waals surface area contributed by atoms with Crippen LogP contribution in [0.25, 0.3) is 0 Å². The lowest BCUT2D eigenvalue weighted by atomic mass is 10.0. The number of hydrogen-bond donors (Lipinski definition) is 1. The molecule has 0 radical (unpaired) electrons. The van der Waals surface area contributed by atoms with Crippen LogP contribution in [0.1, 0.15) is 39.5 Å². The van der Waals surface area contributed by atoms with Crippen molar-refractivity contribution in [3.05, 3.63) is 0 Å². The molecule has 1 saturated carbocycles. The number of nitrogens with one attached hydrogen (secondary N) is 1. The third-order valence-electron chi connectivity index (χ3n) is 2.75. The van der Waals surface area contributed by atoms with Crippen molar-refractivity contribution in [1.82, 2.24) is 5.32 Å². The molecule has 1 N–H and O–H groups in total. The Morgan fingerprint density at radius 2 is 2.23 bits per heavy atom. The average molecular weight is 183 g/mol. The van der Waals surface area contributed by atoms with Crippen LogP contribution in [0.4, 0.5) is 0 Å². The summed E-state index contributed by atoms with van der Waals surface area (Å²) in [7, 11) is 0. The second-order valence-electron chi connectivity index (χ2n) is 4.16. The zero-order valence-corrected chi connectivity index (χ0v) is 8.81. The largest absolute Gasteiger partial charge is 0.316 e. The van der Waals surface area contributed by atoms with Crippen LogP contribution in [0.5, 0.6) is 0 Å². The maximum atomic E-state index is 11.5. The van der Waals surface area contributed by atoms with Crippen molar-refractivity contribution in [3.63, 3.8) is 0 Å². The van der Waals surface area contributed by atoms with E-state index in [1.165, 1.54) is 12.8 Å². The van der Waals surface area contributed by atoms with Crippen LogP contribution in [-0.4, -0.2) is 18.9 Å². The van der Waals surface area contributed by atoms with Gasteiger partial charge in [0.15, 0.2) is 0 Å². The Labute approximate surface area is 81.1 Å². The van der Waals surface area contributed by atoms with Crippen molar-refractivity contribution < 1.29 is 4.79 Å². The lowest BCUT2D eigenvalue weighted by molar-refractivity contribution is -0.122. The van der Waals surface area contributed by atoms with Gasteiger partial charge in [0.25, 0.3) is 0 Å². The summed E-state index contributed by atoms with van der Waals surface area (Å²) < 4.78 is 0. The molecule has 1 aliphatic carbocycles. The summed E-state index contributed by atoms with van der Waals surface area (Å²) in [5.74, 6) is 1.53. The van der Waals surface area contributed by atoms with Gasteiger partial charge in [-0.1, -0.05) is 26.7 Å². The summed E-state index contributed by atoms with van der Waals surface area (Å²) in [5, 5.41) is 3.21. The molecule has 1 atom stereocenters.